The van der Waals surface area contributed by atoms with E-state index in [1.165, 1.54) is 0 Å². The number of carbonyl (C=O) groups is 1. The highest BCUT2D eigenvalue weighted by molar-refractivity contribution is 5.64. The van der Waals surface area contributed by atoms with Gasteiger partial charge in [-0.05, 0) is 13.0 Å². The molecule has 4 nitrogen and oxygen atoms in total. The van der Waals surface area contributed by atoms with Crippen molar-refractivity contribution in [3.05, 3.63) is 12.7 Å². The Bertz CT molecular complexity index is 126. The van der Waals surface area contributed by atoms with Gasteiger partial charge in [-0.15, -0.1) is 6.58 Å². The van der Waals surface area contributed by atoms with Crippen LogP contribution in [0.25, 0.3) is 0 Å². The summed E-state index contributed by atoms with van der Waals surface area (Å²) < 4.78 is 4.47. The van der Waals surface area contributed by atoms with Crippen LogP contribution in [0, 0.1) is 0 Å². The van der Waals surface area contributed by atoms with Gasteiger partial charge >= 0.3 is 6.09 Å². The summed E-state index contributed by atoms with van der Waals surface area (Å²) in [5.74, 6) is 0. The Labute approximate surface area is 66.4 Å². The lowest BCUT2D eigenvalue weighted by molar-refractivity contribution is 0.157. The molecule has 1 amide bonds. The second-order valence-corrected chi connectivity index (χ2v) is 1.99. The topological polar surface area (TPSA) is 64.3 Å². The molecule has 3 N–H and O–H groups in total. The Balaban J connectivity index is 2.90. The van der Waals surface area contributed by atoms with Crippen LogP contribution in [0.4, 0.5) is 4.79 Å². The smallest absolute Gasteiger partial charge is 0.404 e. The molecule has 0 unspecified atom stereocenters. The van der Waals surface area contributed by atoms with Gasteiger partial charge in [-0.25, -0.2) is 4.79 Å². The minimum Gasteiger partial charge on any atom is -0.448 e. The molecule has 0 fully saturated rings. The van der Waals surface area contributed by atoms with Crippen LogP contribution >= 0.6 is 0 Å². The zero-order chi connectivity index (χ0) is 8.53. The van der Waals surface area contributed by atoms with Gasteiger partial charge in [0.25, 0.3) is 0 Å². The Morgan fingerprint density at radius 3 is 2.91 bits per heavy atom. The summed E-state index contributed by atoms with van der Waals surface area (Å²) in [6.45, 7) is 5.38. The van der Waals surface area contributed by atoms with Crippen LogP contribution in [-0.4, -0.2) is 25.8 Å². The van der Waals surface area contributed by atoms with E-state index in [9.17, 15) is 4.79 Å². The second-order valence-electron chi connectivity index (χ2n) is 1.99. The highest BCUT2D eigenvalue weighted by Gasteiger charge is 1.90. The zero-order valence-corrected chi connectivity index (χ0v) is 6.51. The van der Waals surface area contributed by atoms with Crippen LogP contribution in [0.1, 0.15) is 6.42 Å². The second kappa shape index (κ2) is 7.08. The van der Waals surface area contributed by atoms with Crippen LogP contribution in [0.15, 0.2) is 12.7 Å². The molecule has 0 aromatic rings. The SMILES string of the molecule is C=CCCNCCOC(N)=O. The highest BCUT2D eigenvalue weighted by atomic mass is 16.5. The van der Waals surface area contributed by atoms with E-state index < -0.39 is 6.09 Å². The van der Waals surface area contributed by atoms with Crippen LogP contribution in [0.3, 0.4) is 0 Å². The molecule has 0 heterocycles. The molecule has 0 aliphatic rings. The van der Waals surface area contributed by atoms with Gasteiger partial charge in [0.1, 0.15) is 6.61 Å². The monoisotopic (exact) mass is 158 g/mol. The predicted molar refractivity (Wildman–Crippen MR) is 43.2 cm³/mol. The van der Waals surface area contributed by atoms with E-state index in [-0.39, 0.29) is 0 Å². The molecular formula is C7H14N2O2. The number of rotatable bonds is 6. The number of hydrogen-bond acceptors (Lipinski definition) is 3. The van der Waals surface area contributed by atoms with E-state index in [1.807, 2.05) is 6.08 Å². The Hall–Kier alpha value is -1.03. The fourth-order valence-electron chi connectivity index (χ4n) is 0.553. The number of carbonyl (C=O) groups excluding carboxylic acids is 1. The lowest BCUT2D eigenvalue weighted by Crippen LogP contribution is -2.24. The molecule has 0 atom stereocenters. The average molecular weight is 158 g/mol. The fraction of sp³-hybridized carbons (Fsp3) is 0.571. The predicted octanol–water partition coefficient (Wildman–Crippen LogP) is 0.247. The van der Waals surface area contributed by atoms with E-state index in [0.29, 0.717) is 13.2 Å². The molecule has 0 radical (unpaired) electrons. The van der Waals surface area contributed by atoms with Crippen molar-refractivity contribution in [3.8, 4) is 0 Å². The number of amides is 1. The minimum absolute atomic E-state index is 0.326. The quantitative estimate of drug-likeness (QED) is 0.430. The first kappa shape index (κ1) is 9.97. The third-order valence-electron chi connectivity index (χ3n) is 1.05. The molecule has 0 aliphatic heterocycles. The van der Waals surface area contributed by atoms with Crippen molar-refractivity contribution in [3.63, 3.8) is 0 Å². The molecular weight excluding hydrogens is 144 g/mol. The maximum atomic E-state index is 10.0. The summed E-state index contributed by atoms with van der Waals surface area (Å²) in [4.78, 5) is 10.0. The van der Waals surface area contributed by atoms with Gasteiger partial charge < -0.3 is 15.8 Å². The number of nitrogens with one attached hydrogen (secondary N) is 1. The van der Waals surface area contributed by atoms with Gasteiger partial charge in [0.2, 0.25) is 0 Å². The summed E-state index contributed by atoms with van der Waals surface area (Å²) in [7, 11) is 0. The number of ether oxygens (including phenoxy) is 1. The van der Waals surface area contributed by atoms with Gasteiger partial charge in [-0.2, -0.15) is 0 Å². The van der Waals surface area contributed by atoms with Gasteiger partial charge in [-0.3, -0.25) is 0 Å². The molecule has 0 rings (SSSR count). The first-order valence-electron chi connectivity index (χ1n) is 3.51. The minimum atomic E-state index is -0.726. The van der Waals surface area contributed by atoms with Crippen LogP contribution in [0.2, 0.25) is 0 Å². The van der Waals surface area contributed by atoms with E-state index in [0.717, 1.165) is 13.0 Å². The fourth-order valence-corrected chi connectivity index (χ4v) is 0.553. The van der Waals surface area contributed by atoms with Gasteiger partial charge in [-0.1, -0.05) is 6.08 Å². The van der Waals surface area contributed by atoms with Crippen LogP contribution < -0.4 is 11.1 Å². The molecule has 0 saturated heterocycles. The van der Waals surface area contributed by atoms with E-state index in [2.05, 4.69) is 16.6 Å². The van der Waals surface area contributed by atoms with Crippen molar-refractivity contribution in [2.24, 2.45) is 5.73 Å². The van der Waals surface area contributed by atoms with Crippen molar-refractivity contribution in [2.45, 2.75) is 6.42 Å². The van der Waals surface area contributed by atoms with E-state index in [4.69, 9.17) is 5.73 Å². The van der Waals surface area contributed by atoms with Crippen molar-refractivity contribution >= 4 is 6.09 Å². The van der Waals surface area contributed by atoms with Crippen molar-refractivity contribution in [1.29, 1.82) is 0 Å². The maximum Gasteiger partial charge on any atom is 0.404 e. The summed E-state index contributed by atoms with van der Waals surface area (Å²) in [5, 5.41) is 3.04. The van der Waals surface area contributed by atoms with Gasteiger partial charge in [0.15, 0.2) is 0 Å². The Morgan fingerprint density at radius 1 is 1.64 bits per heavy atom. The molecule has 0 aromatic carbocycles. The summed E-state index contributed by atoms with van der Waals surface area (Å²) >= 11 is 0. The third-order valence-corrected chi connectivity index (χ3v) is 1.05. The van der Waals surface area contributed by atoms with Crippen molar-refractivity contribution in [1.82, 2.24) is 5.32 Å². The zero-order valence-electron chi connectivity index (χ0n) is 6.51. The van der Waals surface area contributed by atoms with E-state index >= 15 is 0 Å². The molecule has 4 heteroatoms. The van der Waals surface area contributed by atoms with Gasteiger partial charge in [0.05, 0.1) is 0 Å². The van der Waals surface area contributed by atoms with Crippen molar-refractivity contribution < 1.29 is 9.53 Å². The number of nitrogens with two attached hydrogens (primary N) is 1. The Kier molecular flexibility index (Phi) is 6.42. The summed E-state index contributed by atoms with van der Waals surface area (Å²) in [6, 6.07) is 0. The van der Waals surface area contributed by atoms with Gasteiger partial charge in [0, 0.05) is 6.54 Å². The molecule has 0 saturated carbocycles. The largest absolute Gasteiger partial charge is 0.448 e. The first-order valence-corrected chi connectivity index (χ1v) is 3.51. The first-order chi connectivity index (χ1) is 5.27. The number of hydrogen-bond donors (Lipinski definition) is 2. The summed E-state index contributed by atoms with van der Waals surface area (Å²) in [6.07, 6.45) is 2.01. The normalized spacial score (nSPS) is 9.09. The Morgan fingerprint density at radius 2 is 2.36 bits per heavy atom. The molecule has 0 spiro atoms. The standard InChI is InChI=1S/C7H14N2O2/c1-2-3-4-9-5-6-11-7(8)10/h2,9H,1,3-6H2,(H2,8,10). The lowest BCUT2D eigenvalue weighted by atomic mass is 10.4. The molecule has 64 valence electrons. The average Bonchev–Trinajstić information content (AvgIpc) is 1.96. The molecule has 0 aliphatic carbocycles. The molecule has 11 heavy (non-hydrogen) atoms. The summed E-state index contributed by atoms with van der Waals surface area (Å²) in [5.41, 5.74) is 4.73. The molecule has 0 bridgehead atoms. The highest BCUT2D eigenvalue weighted by Crippen LogP contribution is 1.75. The maximum absolute atomic E-state index is 10.0. The molecule has 0 aromatic heterocycles. The van der Waals surface area contributed by atoms with Crippen LogP contribution in [0.5, 0.6) is 0 Å². The van der Waals surface area contributed by atoms with E-state index in [1.54, 1.807) is 0 Å². The number of primary amides is 1. The van der Waals surface area contributed by atoms with Crippen molar-refractivity contribution in [2.75, 3.05) is 19.7 Å². The van der Waals surface area contributed by atoms with Crippen LogP contribution in [-0.2, 0) is 4.74 Å². The lowest BCUT2D eigenvalue weighted by Gasteiger charge is -2.01. The third kappa shape index (κ3) is 8.97.